The van der Waals surface area contributed by atoms with Crippen LogP contribution in [0.1, 0.15) is 71.6 Å². The molecule has 8 nitrogen and oxygen atoms in total. The van der Waals surface area contributed by atoms with Crippen LogP contribution in [0.15, 0.2) is 27.5 Å². The molecule has 0 bridgehead atoms. The lowest BCUT2D eigenvalue weighted by Crippen LogP contribution is -2.35. The number of benzene rings is 1. The smallest absolute Gasteiger partial charge is 0.439 e. The first-order valence-corrected chi connectivity index (χ1v) is 11.8. The number of aromatic amines is 1. The first kappa shape index (κ1) is 24.0. The van der Waals surface area contributed by atoms with Crippen molar-refractivity contribution in [3.8, 4) is 11.5 Å². The second-order valence-corrected chi connectivity index (χ2v) is 9.37. The van der Waals surface area contributed by atoms with Crippen LogP contribution in [0.25, 0.3) is 0 Å². The van der Waals surface area contributed by atoms with Gasteiger partial charge in [0.25, 0.3) is 0 Å². The summed E-state index contributed by atoms with van der Waals surface area (Å²) in [6.07, 6.45) is 6.07. The Morgan fingerprint density at radius 1 is 1.15 bits per heavy atom. The lowest BCUT2D eigenvalue weighted by Gasteiger charge is -2.36. The van der Waals surface area contributed by atoms with Gasteiger partial charge in [-0.25, -0.2) is 4.79 Å². The molecule has 0 saturated heterocycles. The molecule has 8 heteroatoms. The summed E-state index contributed by atoms with van der Waals surface area (Å²) >= 11 is 0. The van der Waals surface area contributed by atoms with E-state index in [1.54, 1.807) is 13.2 Å². The van der Waals surface area contributed by atoms with Gasteiger partial charge in [0.15, 0.2) is 5.82 Å². The summed E-state index contributed by atoms with van der Waals surface area (Å²) in [7, 11) is 1.72. The predicted molar refractivity (Wildman–Crippen MR) is 127 cm³/mol. The van der Waals surface area contributed by atoms with E-state index in [0.29, 0.717) is 18.9 Å². The Kier molecular flexibility index (Phi) is 7.07. The SMILES string of the molecule is COCC1(c2nc(Cc3c(C)cc(OCc4noc(=O)[nH]4)c(C)c3C)ccc2O)CCCCC1. The van der Waals surface area contributed by atoms with Gasteiger partial charge in [-0.05, 0) is 74.1 Å². The van der Waals surface area contributed by atoms with Crippen LogP contribution in [-0.2, 0) is 23.2 Å². The van der Waals surface area contributed by atoms with E-state index in [4.69, 9.17) is 14.5 Å². The summed E-state index contributed by atoms with van der Waals surface area (Å²) in [6, 6.07) is 5.68. The third-order valence-corrected chi connectivity index (χ3v) is 7.08. The molecule has 1 aliphatic rings. The number of rotatable bonds is 8. The molecule has 2 N–H and O–H groups in total. The number of hydrogen-bond acceptors (Lipinski definition) is 7. The molecular formula is C26H33N3O5. The van der Waals surface area contributed by atoms with Crippen LogP contribution in [0, 0.1) is 20.8 Å². The van der Waals surface area contributed by atoms with Gasteiger partial charge in [0.1, 0.15) is 18.1 Å². The maximum atomic E-state index is 11.1. The molecule has 182 valence electrons. The molecule has 0 aliphatic heterocycles. The fourth-order valence-electron chi connectivity index (χ4n) is 5.11. The minimum atomic E-state index is -0.598. The number of aromatic hydroxyl groups is 1. The zero-order chi connectivity index (χ0) is 24.3. The van der Waals surface area contributed by atoms with Crippen molar-refractivity contribution < 1.29 is 19.1 Å². The first-order valence-electron chi connectivity index (χ1n) is 11.8. The number of methoxy groups -OCH3 is 1. The average Bonchev–Trinajstić information content (AvgIpc) is 3.25. The molecular weight excluding hydrogens is 434 g/mol. The summed E-state index contributed by atoms with van der Waals surface area (Å²) in [5.74, 6) is 0.738. The fraction of sp³-hybridized carbons (Fsp3) is 0.500. The Balaban J connectivity index is 1.60. The van der Waals surface area contributed by atoms with Gasteiger partial charge in [0.05, 0.1) is 12.3 Å². The van der Waals surface area contributed by atoms with Crippen LogP contribution < -0.4 is 10.5 Å². The van der Waals surface area contributed by atoms with Crippen LogP contribution in [0.5, 0.6) is 11.5 Å². The highest BCUT2D eigenvalue weighted by Gasteiger charge is 2.37. The number of nitrogens with zero attached hydrogens (tertiary/aromatic N) is 2. The maximum absolute atomic E-state index is 11.1. The van der Waals surface area contributed by atoms with E-state index in [1.807, 2.05) is 19.1 Å². The Bertz CT molecular complexity index is 1200. The van der Waals surface area contributed by atoms with Gasteiger partial charge >= 0.3 is 5.76 Å². The number of pyridine rings is 1. The molecule has 2 aromatic heterocycles. The van der Waals surface area contributed by atoms with Crippen LogP contribution >= 0.6 is 0 Å². The third-order valence-electron chi connectivity index (χ3n) is 7.08. The van der Waals surface area contributed by atoms with Crippen LogP contribution in [-0.4, -0.2) is 33.9 Å². The monoisotopic (exact) mass is 467 g/mol. The molecule has 1 saturated carbocycles. The molecule has 2 heterocycles. The lowest BCUT2D eigenvalue weighted by atomic mass is 9.71. The van der Waals surface area contributed by atoms with Crippen molar-refractivity contribution in [2.75, 3.05) is 13.7 Å². The molecule has 0 amide bonds. The van der Waals surface area contributed by atoms with Gasteiger partial charge in [-0.3, -0.25) is 14.5 Å². The van der Waals surface area contributed by atoms with E-state index >= 15 is 0 Å². The van der Waals surface area contributed by atoms with Gasteiger partial charge in [0, 0.05) is 24.6 Å². The highest BCUT2D eigenvalue weighted by Crippen LogP contribution is 2.42. The summed E-state index contributed by atoms with van der Waals surface area (Å²) in [5, 5.41) is 14.4. The van der Waals surface area contributed by atoms with E-state index < -0.39 is 5.76 Å². The molecule has 0 atom stereocenters. The van der Waals surface area contributed by atoms with Crippen molar-refractivity contribution in [1.29, 1.82) is 0 Å². The molecule has 1 aromatic carbocycles. The lowest BCUT2D eigenvalue weighted by molar-refractivity contribution is 0.0987. The Hall–Kier alpha value is -3.13. The molecule has 0 radical (unpaired) electrons. The van der Waals surface area contributed by atoms with Crippen molar-refractivity contribution in [3.63, 3.8) is 0 Å². The topological polar surface area (TPSA) is 110 Å². The van der Waals surface area contributed by atoms with E-state index in [0.717, 1.165) is 59.5 Å². The first-order chi connectivity index (χ1) is 16.3. The van der Waals surface area contributed by atoms with Crippen LogP contribution in [0.2, 0.25) is 0 Å². The highest BCUT2D eigenvalue weighted by molar-refractivity contribution is 5.49. The maximum Gasteiger partial charge on any atom is 0.439 e. The number of ether oxygens (including phenoxy) is 2. The highest BCUT2D eigenvalue weighted by atomic mass is 16.5. The summed E-state index contributed by atoms with van der Waals surface area (Å²) in [5.41, 5.74) is 5.89. The van der Waals surface area contributed by atoms with E-state index in [9.17, 15) is 9.90 Å². The molecule has 34 heavy (non-hydrogen) atoms. The van der Waals surface area contributed by atoms with Gasteiger partial charge in [-0.2, -0.15) is 0 Å². The number of hydrogen-bond donors (Lipinski definition) is 2. The minimum Gasteiger partial charge on any atom is -0.506 e. The van der Waals surface area contributed by atoms with Crippen molar-refractivity contribution >= 4 is 0 Å². The van der Waals surface area contributed by atoms with E-state index in [-0.39, 0.29) is 17.8 Å². The van der Waals surface area contributed by atoms with Crippen LogP contribution in [0.4, 0.5) is 0 Å². The second-order valence-electron chi connectivity index (χ2n) is 9.37. The van der Waals surface area contributed by atoms with Gasteiger partial charge in [-0.1, -0.05) is 24.4 Å². The molecule has 0 spiro atoms. The second kappa shape index (κ2) is 10.0. The molecule has 1 aliphatic carbocycles. The zero-order valence-corrected chi connectivity index (χ0v) is 20.4. The summed E-state index contributed by atoms with van der Waals surface area (Å²) in [4.78, 5) is 18.6. The number of nitrogens with one attached hydrogen (secondary N) is 1. The standard InChI is InChI=1S/C26H33N3O5/c1-16-12-22(33-14-23-28-25(31)34-29-23)18(3)17(2)20(16)13-19-8-9-21(30)24(27-19)26(15-32-4)10-6-5-7-11-26/h8-9,12,30H,5-7,10-11,13-15H2,1-4H3,(H,28,29,31). The summed E-state index contributed by atoms with van der Waals surface area (Å²) in [6.45, 7) is 6.84. The normalized spacial score (nSPS) is 15.4. The van der Waals surface area contributed by atoms with E-state index in [2.05, 4.69) is 28.5 Å². The zero-order valence-electron chi connectivity index (χ0n) is 20.4. The van der Waals surface area contributed by atoms with Crippen molar-refractivity contribution in [2.45, 2.75) is 71.3 Å². The Labute approximate surface area is 199 Å². The predicted octanol–water partition coefficient (Wildman–Crippen LogP) is 4.41. The number of aryl methyl sites for hydroxylation is 1. The fourth-order valence-corrected chi connectivity index (χ4v) is 5.11. The molecule has 3 aromatic rings. The third kappa shape index (κ3) is 4.87. The van der Waals surface area contributed by atoms with Gasteiger partial charge in [0.2, 0.25) is 0 Å². The molecule has 1 fully saturated rings. The quantitative estimate of drug-likeness (QED) is 0.505. The molecule has 4 rings (SSSR count). The number of aromatic nitrogens is 3. The van der Waals surface area contributed by atoms with Crippen molar-refractivity contribution in [3.05, 3.63) is 68.2 Å². The largest absolute Gasteiger partial charge is 0.506 e. The Morgan fingerprint density at radius 3 is 2.59 bits per heavy atom. The van der Waals surface area contributed by atoms with Gasteiger partial charge < -0.3 is 14.6 Å². The van der Waals surface area contributed by atoms with Crippen LogP contribution in [0.3, 0.4) is 0 Å². The Morgan fingerprint density at radius 2 is 1.91 bits per heavy atom. The van der Waals surface area contributed by atoms with E-state index in [1.165, 1.54) is 12.0 Å². The number of H-pyrrole nitrogens is 1. The van der Waals surface area contributed by atoms with Gasteiger partial charge in [-0.15, -0.1) is 0 Å². The average molecular weight is 468 g/mol. The molecule has 0 unspecified atom stereocenters. The van der Waals surface area contributed by atoms with Crippen molar-refractivity contribution in [1.82, 2.24) is 15.1 Å². The summed E-state index contributed by atoms with van der Waals surface area (Å²) < 4.78 is 16.0. The minimum absolute atomic E-state index is 0.120. The van der Waals surface area contributed by atoms with Crippen molar-refractivity contribution in [2.24, 2.45) is 0 Å².